The van der Waals surface area contributed by atoms with E-state index in [0.29, 0.717) is 31.2 Å². The Morgan fingerprint density at radius 1 is 1.16 bits per heavy atom. The summed E-state index contributed by atoms with van der Waals surface area (Å²) in [6.45, 7) is 1.32. The molecule has 1 saturated heterocycles. The van der Waals surface area contributed by atoms with Crippen molar-refractivity contribution in [2.24, 2.45) is 0 Å². The van der Waals surface area contributed by atoms with Crippen LogP contribution in [-0.2, 0) is 32.6 Å². The maximum atomic E-state index is 12.6. The van der Waals surface area contributed by atoms with E-state index in [0.717, 1.165) is 10.2 Å². The summed E-state index contributed by atoms with van der Waals surface area (Å²) in [5.74, 6) is -0.959. The first kappa shape index (κ1) is 21.4. The van der Waals surface area contributed by atoms with E-state index in [1.165, 1.54) is 27.8 Å². The van der Waals surface area contributed by atoms with Crippen molar-refractivity contribution >= 4 is 27.3 Å². The van der Waals surface area contributed by atoms with Crippen molar-refractivity contribution in [2.45, 2.75) is 18.0 Å². The molecule has 10 nitrogen and oxygen atoms in total. The molecule has 1 fully saturated rings. The van der Waals surface area contributed by atoms with Gasteiger partial charge in [-0.15, -0.1) is 16.4 Å². The van der Waals surface area contributed by atoms with Gasteiger partial charge in [-0.05, 0) is 29.1 Å². The number of benzene rings is 1. The second-order valence-corrected chi connectivity index (χ2v) is 9.63. The fraction of sp³-hybridized carbons (Fsp3) is 0.316. The van der Waals surface area contributed by atoms with Crippen molar-refractivity contribution in [3.63, 3.8) is 0 Å². The van der Waals surface area contributed by atoms with Gasteiger partial charge in [-0.25, -0.2) is 13.2 Å². The summed E-state index contributed by atoms with van der Waals surface area (Å²) in [5.41, 5.74) is 0.723. The number of amides is 1. The first-order valence-corrected chi connectivity index (χ1v) is 11.8. The number of hydrogen-bond donors (Lipinski definition) is 1. The largest absolute Gasteiger partial charge is 0.437 e. The number of carbonyl (C=O) groups excluding carboxylic acids is 1. The zero-order valence-corrected chi connectivity index (χ0v) is 18.0. The van der Waals surface area contributed by atoms with Crippen molar-refractivity contribution in [3.05, 3.63) is 57.9 Å². The Morgan fingerprint density at radius 2 is 1.90 bits per heavy atom. The highest BCUT2D eigenvalue weighted by atomic mass is 32.2. The summed E-state index contributed by atoms with van der Waals surface area (Å²) in [4.78, 5) is 25.0. The lowest BCUT2D eigenvalue weighted by Crippen LogP contribution is -2.40. The van der Waals surface area contributed by atoms with Crippen LogP contribution in [0.25, 0.3) is 10.8 Å². The normalized spacial score (nSPS) is 15.1. The molecule has 0 unspecified atom stereocenters. The molecule has 0 radical (unpaired) electrons. The molecular weight excluding hydrogens is 444 g/mol. The molecule has 1 amide bonds. The molecule has 31 heavy (non-hydrogen) atoms. The second kappa shape index (κ2) is 9.14. The summed E-state index contributed by atoms with van der Waals surface area (Å²) in [6.07, 6.45) is 0. The zero-order valence-electron chi connectivity index (χ0n) is 16.4. The predicted molar refractivity (Wildman–Crippen MR) is 112 cm³/mol. The third-order valence-electron chi connectivity index (χ3n) is 4.65. The van der Waals surface area contributed by atoms with E-state index < -0.39 is 21.7 Å². The fourth-order valence-corrected chi connectivity index (χ4v) is 5.07. The predicted octanol–water partition coefficient (Wildman–Crippen LogP) is 0.902. The van der Waals surface area contributed by atoms with E-state index >= 15 is 0 Å². The molecule has 1 aliphatic heterocycles. The minimum absolute atomic E-state index is 0.171. The standard InChI is InChI=1S/C19H20N4O6S2/c24-17(13-23-19(25)29-18(21-23)16-2-1-11-30-16)20-12-14-3-5-15(6-4-14)31(26,27)22-7-9-28-10-8-22/h1-6,11H,7-10,12-13H2,(H,20,24). The minimum Gasteiger partial charge on any atom is -0.387 e. The molecule has 3 heterocycles. The first-order chi connectivity index (χ1) is 14.9. The number of ether oxygens (including phenoxy) is 1. The zero-order chi connectivity index (χ0) is 21.8. The number of thiophene rings is 1. The number of rotatable bonds is 7. The van der Waals surface area contributed by atoms with Crippen LogP contribution in [-0.4, -0.2) is 54.7 Å². The Kier molecular flexibility index (Phi) is 6.32. The summed E-state index contributed by atoms with van der Waals surface area (Å²) in [7, 11) is -3.56. The number of sulfonamides is 1. The van der Waals surface area contributed by atoms with Crippen LogP contribution in [0.3, 0.4) is 0 Å². The molecule has 0 aliphatic carbocycles. The van der Waals surface area contributed by atoms with Gasteiger partial charge in [0.1, 0.15) is 6.54 Å². The van der Waals surface area contributed by atoms with Crippen LogP contribution in [0, 0.1) is 0 Å². The smallest absolute Gasteiger partial charge is 0.387 e. The van der Waals surface area contributed by atoms with E-state index in [1.807, 2.05) is 11.4 Å². The first-order valence-electron chi connectivity index (χ1n) is 9.49. The van der Waals surface area contributed by atoms with Gasteiger partial charge < -0.3 is 14.5 Å². The summed E-state index contributed by atoms with van der Waals surface area (Å²) >= 11 is 1.38. The third kappa shape index (κ3) is 4.93. The average molecular weight is 465 g/mol. The van der Waals surface area contributed by atoms with Gasteiger partial charge in [0.25, 0.3) is 5.89 Å². The molecular formula is C19H20N4O6S2. The topological polar surface area (TPSA) is 124 Å². The van der Waals surface area contributed by atoms with E-state index in [1.54, 1.807) is 18.2 Å². The Bertz CT molecular complexity index is 1190. The molecule has 0 atom stereocenters. The molecule has 164 valence electrons. The Balaban J connectivity index is 1.34. The molecule has 1 aromatic carbocycles. The molecule has 0 spiro atoms. The maximum Gasteiger partial charge on any atom is 0.437 e. The molecule has 2 aromatic heterocycles. The van der Waals surface area contributed by atoms with Crippen LogP contribution in [0.15, 0.2) is 55.9 Å². The summed E-state index contributed by atoms with van der Waals surface area (Å²) < 4.78 is 37.9. The highest BCUT2D eigenvalue weighted by Gasteiger charge is 2.26. The second-order valence-electron chi connectivity index (χ2n) is 6.75. The molecule has 0 bridgehead atoms. The fourth-order valence-electron chi connectivity index (χ4n) is 3.01. The van der Waals surface area contributed by atoms with Gasteiger partial charge in [-0.3, -0.25) is 4.79 Å². The third-order valence-corrected chi connectivity index (χ3v) is 7.42. The number of hydrogen-bond acceptors (Lipinski definition) is 8. The van der Waals surface area contributed by atoms with E-state index in [9.17, 15) is 18.0 Å². The van der Waals surface area contributed by atoms with Crippen molar-refractivity contribution < 1.29 is 22.4 Å². The quantitative estimate of drug-likeness (QED) is 0.551. The molecule has 0 saturated carbocycles. The van der Waals surface area contributed by atoms with Crippen LogP contribution in [0.4, 0.5) is 0 Å². The monoisotopic (exact) mass is 464 g/mol. The van der Waals surface area contributed by atoms with Crippen LogP contribution in [0.1, 0.15) is 5.56 Å². The molecule has 3 aromatic rings. The van der Waals surface area contributed by atoms with Crippen LogP contribution < -0.4 is 11.1 Å². The highest BCUT2D eigenvalue weighted by Crippen LogP contribution is 2.21. The lowest BCUT2D eigenvalue weighted by atomic mass is 10.2. The van der Waals surface area contributed by atoms with E-state index in [4.69, 9.17) is 9.15 Å². The summed E-state index contributed by atoms with van der Waals surface area (Å²) in [5, 5.41) is 8.56. The van der Waals surface area contributed by atoms with Gasteiger partial charge in [0.15, 0.2) is 0 Å². The van der Waals surface area contributed by atoms with Gasteiger partial charge >= 0.3 is 5.76 Å². The van der Waals surface area contributed by atoms with Gasteiger partial charge in [0.2, 0.25) is 15.9 Å². The van der Waals surface area contributed by atoms with Crippen molar-refractivity contribution in [1.29, 1.82) is 0 Å². The lowest BCUT2D eigenvalue weighted by Gasteiger charge is -2.26. The SMILES string of the molecule is O=C(Cn1nc(-c2cccs2)oc1=O)NCc1ccc(S(=O)(=O)N2CCOCC2)cc1. The van der Waals surface area contributed by atoms with Gasteiger partial charge in [0.05, 0.1) is 23.0 Å². The van der Waals surface area contributed by atoms with Crippen LogP contribution in [0.5, 0.6) is 0 Å². The van der Waals surface area contributed by atoms with Crippen molar-refractivity contribution in [1.82, 2.24) is 19.4 Å². The Morgan fingerprint density at radius 3 is 2.58 bits per heavy atom. The van der Waals surface area contributed by atoms with E-state index in [-0.39, 0.29) is 23.9 Å². The highest BCUT2D eigenvalue weighted by molar-refractivity contribution is 7.89. The molecule has 4 rings (SSSR count). The van der Waals surface area contributed by atoms with Gasteiger partial charge in [-0.1, -0.05) is 18.2 Å². The Hall–Kier alpha value is -2.80. The summed E-state index contributed by atoms with van der Waals surface area (Å²) in [6, 6.07) is 9.89. The van der Waals surface area contributed by atoms with Gasteiger partial charge in [-0.2, -0.15) is 8.99 Å². The number of morpholine rings is 1. The number of nitrogens with one attached hydrogen (secondary N) is 1. The lowest BCUT2D eigenvalue weighted by molar-refractivity contribution is -0.122. The molecule has 12 heteroatoms. The van der Waals surface area contributed by atoms with Crippen LogP contribution >= 0.6 is 11.3 Å². The number of carbonyl (C=O) groups is 1. The molecule has 1 N–H and O–H groups in total. The number of nitrogens with zero attached hydrogens (tertiary/aromatic N) is 3. The molecule has 1 aliphatic rings. The van der Waals surface area contributed by atoms with E-state index in [2.05, 4.69) is 10.4 Å². The average Bonchev–Trinajstić information content (AvgIpc) is 3.44. The van der Waals surface area contributed by atoms with Crippen molar-refractivity contribution in [2.75, 3.05) is 26.3 Å². The van der Waals surface area contributed by atoms with Crippen molar-refractivity contribution in [3.8, 4) is 10.8 Å². The maximum absolute atomic E-state index is 12.6. The number of aromatic nitrogens is 2. The van der Waals surface area contributed by atoms with Gasteiger partial charge in [0, 0.05) is 19.6 Å². The van der Waals surface area contributed by atoms with Crippen LogP contribution in [0.2, 0.25) is 0 Å². The Labute approximate surface area is 182 Å². The minimum atomic E-state index is -3.56.